The van der Waals surface area contributed by atoms with Gasteiger partial charge in [-0.05, 0) is 91.2 Å². The van der Waals surface area contributed by atoms with Gasteiger partial charge in [0.15, 0.2) is 0 Å². The van der Waals surface area contributed by atoms with Crippen molar-refractivity contribution in [2.24, 2.45) is 0 Å². The van der Waals surface area contributed by atoms with Crippen LogP contribution in [0.15, 0.2) is 224 Å². The summed E-state index contributed by atoms with van der Waals surface area (Å²) in [6.45, 7) is 0. The summed E-state index contributed by atoms with van der Waals surface area (Å²) in [4.78, 5) is 2.38. The molecule has 0 aromatic heterocycles. The molecule has 0 unspecified atom stereocenters. The van der Waals surface area contributed by atoms with Crippen LogP contribution in [-0.2, 0) is 0 Å². The summed E-state index contributed by atoms with van der Waals surface area (Å²) in [5.41, 5.74) is 15.4. The van der Waals surface area contributed by atoms with Crippen molar-refractivity contribution in [3.63, 3.8) is 0 Å². The molecule has 0 saturated carbocycles. The van der Waals surface area contributed by atoms with Crippen LogP contribution in [0.5, 0.6) is 0 Å². The van der Waals surface area contributed by atoms with E-state index in [0.717, 1.165) is 17.1 Å². The number of hydrogen-bond donors (Lipinski definition) is 0. The van der Waals surface area contributed by atoms with E-state index in [1.165, 1.54) is 66.4 Å². The van der Waals surface area contributed by atoms with E-state index in [2.05, 4.69) is 229 Å². The molecule has 0 radical (unpaired) electrons. The molecule has 1 heteroatoms. The van der Waals surface area contributed by atoms with Crippen LogP contribution < -0.4 is 4.90 Å². The van der Waals surface area contributed by atoms with E-state index in [0.29, 0.717) is 0 Å². The van der Waals surface area contributed by atoms with Gasteiger partial charge in [0.05, 0.1) is 5.69 Å². The number of para-hydroxylation sites is 2. The summed E-state index contributed by atoms with van der Waals surface area (Å²) in [5, 5.41) is 2.51. The average molecular weight is 676 g/mol. The number of fused-ring (bicyclic) bond motifs is 1. The number of nitrogens with zero attached hydrogens (tertiary/aromatic N) is 1. The zero-order chi connectivity index (χ0) is 35.4. The smallest absolute Gasteiger partial charge is 0.0540 e. The molecule has 250 valence electrons. The summed E-state index contributed by atoms with van der Waals surface area (Å²) in [5.74, 6) is 0. The summed E-state index contributed by atoms with van der Waals surface area (Å²) >= 11 is 0. The summed E-state index contributed by atoms with van der Waals surface area (Å²) in [6, 6.07) is 80.7. The minimum absolute atomic E-state index is 1.10. The van der Waals surface area contributed by atoms with Gasteiger partial charge < -0.3 is 4.90 Å². The lowest BCUT2D eigenvalue weighted by Crippen LogP contribution is -2.11. The summed E-state index contributed by atoms with van der Waals surface area (Å²) in [7, 11) is 0. The van der Waals surface area contributed by atoms with E-state index < -0.39 is 0 Å². The van der Waals surface area contributed by atoms with Crippen molar-refractivity contribution in [2.45, 2.75) is 0 Å². The van der Waals surface area contributed by atoms with Gasteiger partial charge in [-0.3, -0.25) is 0 Å². The van der Waals surface area contributed by atoms with Crippen molar-refractivity contribution < 1.29 is 0 Å². The van der Waals surface area contributed by atoms with E-state index in [1.54, 1.807) is 0 Å². The standard InChI is InChI=1S/C52H37N/c1-3-16-38(17-4-1)39-30-32-41(33-31-39)47-23-9-10-24-48(47)49-25-11-12-26-50(49)51-27-13-14-29-52(51)53(43-20-5-2-6-21-43)44-36-34-42(35-37-44)46-28-15-19-40-18-7-8-22-45(40)46/h1-37H. The lowest BCUT2D eigenvalue weighted by molar-refractivity contribution is 1.28. The molecule has 0 bridgehead atoms. The average Bonchev–Trinajstić information content (AvgIpc) is 3.25. The molecule has 9 aromatic carbocycles. The van der Waals surface area contributed by atoms with Crippen molar-refractivity contribution >= 4 is 27.8 Å². The van der Waals surface area contributed by atoms with Crippen LogP contribution >= 0.6 is 0 Å². The van der Waals surface area contributed by atoms with Crippen LogP contribution in [0, 0.1) is 0 Å². The zero-order valence-electron chi connectivity index (χ0n) is 29.3. The molecular formula is C52H37N. The minimum Gasteiger partial charge on any atom is -0.310 e. The molecule has 0 atom stereocenters. The lowest BCUT2D eigenvalue weighted by Gasteiger charge is -2.28. The van der Waals surface area contributed by atoms with Crippen LogP contribution in [-0.4, -0.2) is 0 Å². The first-order chi connectivity index (χ1) is 26.3. The fourth-order valence-electron chi connectivity index (χ4n) is 7.56. The van der Waals surface area contributed by atoms with Gasteiger partial charge >= 0.3 is 0 Å². The number of hydrogen-bond acceptors (Lipinski definition) is 1. The SMILES string of the molecule is c1ccc(-c2ccc(-c3ccccc3-c3ccccc3-c3ccccc3N(c3ccccc3)c3ccc(-c4cccc5ccccc45)cc3)cc2)cc1. The fraction of sp³-hybridized carbons (Fsp3) is 0. The first kappa shape index (κ1) is 32.0. The van der Waals surface area contributed by atoms with Gasteiger partial charge in [-0.1, -0.05) is 194 Å². The Bertz CT molecular complexity index is 2640. The van der Waals surface area contributed by atoms with E-state index in [4.69, 9.17) is 0 Å². The van der Waals surface area contributed by atoms with E-state index in [9.17, 15) is 0 Å². The zero-order valence-corrected chi connectivity index (χ0v) is 29.3. The van der Waals surface area contributed by atoms with Gasteiger partial charge in [0.2, 0.25) is 0 Å². The molecule has 0 amide bonds. The van der Waals surface area contributed by atoms with Crippen molar-refractivity contribution in [1.29, 1.82) is 0 Å². The first-order valence-corrected chi connectivity index (χ1v) is 18.2. The monoisotopic (exact) mass is 675 g/mol. The highest BCUT2D eigenvalue weighted by atomic mass is 15.1. The van der Waals surface area contributed by atoms with E-state index >= 15 is 0 Å². The van der Waals surface area contributed by atoms with Crippen LogP contribution in [0.3, 0.4) is 0 Å². The molecule has 0 aliphatic carbocycles. The molecule has 0 saturated heterocycles. The number of anilines is 3. The van der Waals surface area contributed by atoms with Crippen LogP contribution in [0.2, 0.25) is 0 Å². The maximum absolute atomic E-state index is 2.38. The molecule has 0 aliphatic heterocycles. The largest absolute Gasteiger partial charge is 0.310 e. The number of benzene rings is 9. The predicted octanol–water partition coefficient (Wildman–Crippen LogP) is 14.6. The first-order valence-electron chi connectivity index (χ1n) is 18.2. The van der Waals surface area contributed by atoms with Gasteiger partial charge in [0.1, 0.15) is 0 Å². The molecule has 53 heavy (non-hydrogen) atoms. The Morgan fingerprint density at radius 1 is 0.226 bits per heavy atom. The molecule has 9 rings (SSSR count). The Morgan fingerprint density at radius 2 is 0.642 bits per heavy atom. The molecule has 0 spiro atoms. The summed E-state index contributed by atoms with van der Waals surface area (Å²) < 4.78 is 0. The Hall–Kier alpha value is -6.96. The highest BCUT2D eigenvalue weighted by Gasteiger charge is 2.20. The van der Waals surface area contributed by atoms with Crippen molar-refractivity contribution in [1.82, 2.24) is 0 Å². The molecule has 9 aromatic rings. The van der Waals surface area contributed by atoms with Gasteiger partial charge in [-0.2, -0.15) is 0 Å². The van der Waals surface area contributed by atoms with E-state index in [1.807, 2.05) is 0 Å². The molecule has 0 heterocycles. The van der Waals surface area contributed by atoms with Crippen LogP contribution in [0.1, 0.15) is 0 Å². The predicted molar refractivity (Wildman–Crippen MR) is 226 cm³/mol. The second-order valence-electron chi connectivity index (χ2n) is 13.3. The third-order valence-electron chi connectivity index (χ3n) is 10.1. The van der Waals surface area contributed by atoms with Gasteiger partial charge in [0, 0.05) is 16.9 Å². The molecule has 0 aliphatic rings. The van der Waals surface area contributed by atoms with E-state index in [-0.39, 0.29) is 0 Å². The second kappa shape index (κ2) is 14.3. The van der Waals surface area contributed by atoms with Gasteiger partial charge in [-0.15, -0.1) is 0 Å². The van der Waals surface area contributed by atoms with Gasteiger partial charge in [-0.25, -0.2) is 0 Å². The topological polar surface area (TPSA) is 3.24 Å². The van der Waals surface area contributed by atoms with Crippen molar-refractivity contribution in [3.8, 4) is 55.6 Å². The Labute approximate surface area is 311 Å². The Balaban J connectivity index is 1.15. The molecule has 1 nitrogen and oxygen atoms in total. The molecule has 0 N–H and O–H groups in total. The highest BCUT2D eigenvalue weighted by molar-refractivity contribution is 5.99. The fourth-order valence-corrected chi connectivity index (χ4v) is 7.56. The van der Waals surface area contributed by atoms with Gasteiger partial charge in [0.25, 0.3) is 0 Å². The lowest BCUT2D eigenvalue weighted by atomic mass is 9.88. The third-order valence-corrected chi connectivity index (χ3v) is 10.1. The third kappa shape index (κ3) is 6.30. The maximum atomic E-state index is 2.38. The van der Waals surface area contributed by atoms with Crippen LogP contribution in [0.25, 0.3) is 66.4 Å². The maximum Gasteiger partial charge on any atom is 0.0540 e. The van der Waals surface area contributed by atoms with Crippen molar-refractivity contribution in [3.05, 3.63) is 224 Å². The van der Waals surface area contributed by atoms with Crippen molar-refractivity contribution in [2.75, 3.05) is 4.90 Å². The highest BCUT2D eigenvalue weighted by Crippen LogP contribution is 2.45. The van der Waals surface area contributed by atoms with Crippen LogP contribution in [0.4, 0.5) is 17.1 Å². The molecular weight excluding hydrogens is 639 g/mol. The summed E-state index contributed by atoms with van der Waals surface area (Å²) in [6.07, 6.45) is 0. The quantitative estimate of drug-likeness (QED) is 0.155. The minimum atomic E-state index is 1.10. The molecule has 0 fully saturated rings. The second-order valence-corrected chi connectivity index (χ2v) is 13.3. The number of rotatable bonds is 8. The Morgan fingerprint density at radius 3 is 1.36 bits per heavy atom. The Kier molecular flexibility index (Phi) is 8.66. The normalized spacial score (nSPS) is 11.0.